The van der Waals surface area contributed by atoms with Crippen LogP contribution in [0.15, 0.2) is 34.9 Å². The standard InChI is InChI=1S/C13H15N3O3/c1-2-7-14-9-10-8-13(19-15-10)11-5-3-4-6-12(11)16(17)18/h3-6,8,14H,2,7,9H2,1H3. The van der Waals surface area contributed by atoms with Gasteiger partial charge in [0.2, 0.25) is 0 Å². The van der Waals surface area contributed by atoms with E-state index in [0.29, 0.717) is 17.9 Å². The van der Waals surface area contributed by atoms with Gasteiger partial charge >= 0.3 is 0 Å². The van der Waals surface area contributed by atoms with Crippen LogP contribution in [0.4, 0.5) is 5.69 Å². The first-order valence-electron chi connectivity index (χ1n) is 6.12. The molecule has 0 fully saturated rings. The molecule has 6 heteroatoms. The molecule has 0 aliphatic rings. The Morgan fingerprint density at radius 2 is 2.21 bits per heavy atom. The van der Waals surface area contributed by atoms with Crippen LogP contribution in [0.2, 0.25) is 0 Å². The average Bonchev–Trinajstić information content (AvgIpc) is 2.88. The number of nitro benzene ring substituents is 1. The molecular weight excluding hydrogens is 246 g/mol. The minimum absolute atomic E-state index is 0.0201. The highest BCUT2D eigenvalue weighted by Gasteiger charge is 2.17. The summed E-state index contributed by atoms with van der Waals surface area (Å²) in [6.07, 6.45) is 1.04. The maximum absolute atomic E-state index is 10.9. The molecule has 1 heterocycles. The first-order valence-corrected chi connectivity index (χ1v) is 6.12. The molecule has 19 heavy (non-hydrogen) atoms. The Kier molecular flexibility index (Phi) is 4.25. The third-order valence-corrected chi connectivity index (χ3v) is 2.66. The molecular formula is C13H15N3O3. The molecule has 0 spiro atoms. The van der Waals surface area contributed by atoms with E-state index < -0.39 is 4.92 Å². The second-order valence-electron chi connectivity index (χ2n) is 4.13. The topological polar surface area (TPSA) is 81.2 Å². The Balaban J connectivity index is 2.21. The van der Waals surface area contributed by atoms with Crippen LogP contribution in [0.5, 0.6) is 0 Å². The van der Waals surface area contributed by atoms with Crippen LogP contribution in [0, 0.1) is 10.1 Å². The molecule has 1 aromatic carbocycles. The number of hydrogen-bond donors (Lipinski definition) is 1. The quantitative estimate of drug-likeness (QED) is 0.491. The van der Waals surface area contributed by atoms with Gasteiger partial charge in [-0.1, -0.05) is 24.2 Å². The summed E-state index contributed by atoms with van der Waals surface area (Å²) in [7, 11) is 0. The third kappa shape index (κ3) is 3.17. The van der Waals surface area contributed by atoms with Crippen LogP contribution in [-0.2, 0) is 6.54 Å². The predicted molar refractivity (Wildman–Crippen MR) is 70.6 cm³/mol. The van der Waals surface area contributed by atoms with E-state index in [-0.39, 0.29) is 5.69 Å². The Bertz CT molecular complexity index is 566. The first kappa shape index (κ1) is 13.2. The smallest absolute Gasteiger partial charge is 0.280 e. The molecule has 0 unspecified atom stereocenters. The maximum Gasteiger partial charge on any atom is 0.280 e. The summed E-state index contributed by atoms with van der Waals surface area (Å²) in [6, 6.07) is 8.20. The van der Waals surface area contributed by atoms with Gasteiger partial charge < -0.3 is 9.84 Å². The predicted octanol–water partition coefficient (Wildman–Crippen LogP) is 2.75. The molecule has 0 amide bonds. The fourth-order valence-electron chi connectivity index (χ4n) is 1.76. The zero-order valence-corrected chi connectivity index (χ0v) is 10.6. The van der Waals surface area contributed by atoms with Gasteiger partial charge in [0.05, 0.1) is 16.2 Å². The van der Waals surface area contributed by atoms with Gasteiger partial charge in [0.25, 0.3) is 5.69 Å². The van der Waals surface area contributed by atoms with E-state index in [4.69, 9.17) is 4.52 Å². The molecule has 0 radical (unpaired) electrons. The fraction of sp³-hybridized carbons (Fsp3) is 0.308. The Morgan fingerprint density at radius 1 is 1.42 bits per heavy atom. The van der Waals surface area contributed by atoms with Crippen molar-refractivity contribution in [2.75, 3.05) is 6.54 Å². The minimum atomic E-state index is -0.424. The zero-order chi connectivity index (χ0) is 13.7. The number of rotatable bonds is 6. The molecule has 0 aliphatic carbocycles. The van der Waals surface area contributed by atoms with E-state index >= 15 is 0 Å². The van der Waals surface area contributed by atoms with Crippen molar-refractivity contribution in [3.63, 3.8) is 0 Å². The number of hydrogen-bond acceptors (Lipinski definition) is 5. The van der Waals surface area contributed by atoms with E-state index in [1.807, 2.05) is 0 Å². The lowest BCUT2D eigenvalue weighted by Gasteiger charge is -1.97. The Hall–Kier alpha value is -2.21. The van der Waals surface area contributed by atoms with E-state index in [9.17, 15) is 10.1 Å². The summed E-state index contributed by atoms with van der Waals surface area (Å²) in [6.45, 7) is 3.57. The van der Waals surface area contributed by atoms with Gasteiger partial charge in [0.1, 0.15) is 0 Å². The van der Waals surface area contributed by atoms with Gasteiger partial charge in [0.15, 0.2) is 5.76 Å². The normalized spacial score (nSPS) is 10.6. The van der Waals surface area contributed by atoms with E-state index in [1.165, 1.54) is 6.07 Å². The number of aromatic nitrogens is 1. The van der Waals surface area contributed by atoms with Crippen LogP contribution in [0.3, 0.4) is 0 Å². The summed E-state index contributed by atoms with van der Waals surface area (Å²) < 4.78 is 5.18. The fourth-order valence-corrected chi connectivity index (χ4v) is 1.76. The molecule has 0 saturated carbocycles. The summed E-state index contributed by atoms with van der Waals surface area (Å²) in [5.41, 5.74) is 1.20. The second kappa shape index (κ2) is 6.10. The lowest BCUT2D eigenvalue weighted by Crippen LogP contribution is -2.13. The summed E-state index contributed by atoms with van der Waals surface area (Å²) in [5.74, 6) is 0.417. The van der Waals surface area contributed by atoms with Crippen molar-refractivity contribution in [1.82, 2.24) is 10.5 Å². The van der Waals surface area contributed by atoms with Gasteiger partial charge in [0, 0.05) is 18.7 Å². The van der Waals surface area contributed by atoms with Crippen LogP contribution < -0.4 is 5.32 Å². The van der Waals surface area contributed by atoms with E-state index in [0.717, 1.165) is 18.7 Å². The first-order chi connectivity index (χ1) is 9.22. The molecule has 1 N–H and O–H groups in total. The highest BCUT2D eigenvalue weighted by Crippen LogP contribution is 2.29. The van der Waals surface area contributed by atoms with Gasteiger partial charge in [-0.05, 0) is 19.0 Å². The third-order valence-electron chi connectivity index (χ3n) is 2.66. The Morgan fingerprint density at radius 3 is 2.95 bits per heavy atom. The van der Waals surface area contributed by atoms with Crippen molar-refractivity contribution in [2.24, 2.45) is 0 Å². The van der Waals surface area contributed by atoms with Crippen LogP contribution >= 0.6 is 0 Å². The number of benzene rings is 1. The van der Waals surface area contributed by atoms with Crippen LogP contribution in [-0.4, -0.2) is 16.6 Å². The van der Waals surface area contributed by atoms with Crippen LogP contribution in [0.1, 0.15) is 19.0 Å². The van der Waals surface area contributed by atoms with E-state index in [1.54, 1.807) is 24.3 Å². The van der Waals surface area contributed by atoms with Crippen molar-refractivity contribution < 1.29 is 9.45 Å². The number of nitrogens with zero attached hydrogens (tertiary/aromatic N) is 2. The van der Waals surface area contributed by atoms with Crippen molar-refractivity contribution in [3.8, 4) is 11.3 Å². The highest BCUT2D eigenvalue weighted by molar-refractivity contribution is 5.69. The molecule has 6 nitrogen and oxygen atoms in total. The molecule has 0 saturated heterocycles. The van der Waals surface area contributed by atoms with E-state index in [2.05, 4.69) is 17.4 Å². The maximum atomic E-state index is 10.9. The van der Waals surface area contributed by atoms with Crippen LogP contribution in [0.25, 0.3) is 11.3 Å². The van der Waals surface area contributed by atoms with Crippen molar-refractivity contribution >= 4 is 5.69 Å². The van der Waals surface area contributed by atoms with Gasteiger partial charge in [-0.15, -0.1) is 0 Å². The number of nitrogens with one attached hydrogen (secondary N) is 1. The molecule has 0 atom stereocenters. The SMILES string of the molecule is CCCNCc1cc(-c2ccccc2[N+](=O)[O-])on1. The molecule has 2 aromatic rings. The summed E-state index contributed by atoms with van der Waals surface area (Å²) in [4.78, 5) is 10.5. The summed E-state index contributed by atoms with van der Waals surface area (Å²) in [5, 5.41) is 18.0. The Labute approximate surface area is 110 Å². The van der Waals surface area contributed by atoms with Gasteiger partial charge in [-0.25, -0.2) is 0 Å². The van der Waals surface area contributed by atoms with Crippen molar-refractivity contribution in [1.29, 1.82) is 0 Å². The highest BCUT2D eigenvalue weighted by atomic mass is 16.6. The average molecular weight is 261 g/mol. The number of para-hydroxylation sites is 1. The van der Waals surface area contributed by atoms with Crippen molar-refractivity contribution in [3.05, 3.63) is 46.1 Å². The molecule has 0 bridgehead atoms. The number of nitro groups is 1. The zero-order valence-electron chi connectivity index (χ0n) is 10.6. The molecule has 1 aromatic heterocycles. The lowest BCUT2D eigenvalue weighted by atomic mass is 10.1. The van der Waals surface area contributed by atoms with Gasteiger partial charge in [-0.3, -0.25) is 10.1 Å². The minimum Gasteiger partial charge on any atom is -0.356 e. The van der Waals surface area contributed by atoms with Gasteiger partial charge in [-0.2, -0.15) is 0 Å². The molecule has 0 aliphatic heterocycles. The summed E-state index contributed by atoms with van der Waals surface area (Å²) >= 11 is 0. The largest absolute Gasteiger partial charge is 0.356 e. The monoisotopic (exact) mass is 261 g/mol. The van der Waals surface area contributed by atoms with Crippen molar-refractivity contribution in [2.45, 2.75) is 19.9 Å². The molecule has 100 valence electrons. The molecule has 2 rings (SSSR count). The second-order valence-corrected chi connectivity index (χ2v) is 4.13. The lowest BCUT2D eigenvalue weighted by molar-refractivity contribution is -0.384.